The molecular weight excluding hydrogens is 633 g/mol. The van der Waals surface area contributed by atoms with Crippen molar-refractivity contribution < 1.29 is 14.0 Å². The summed E-state index contributed by atoms with van der Waals surface area (Å²) in [7, 11) is 3.42. The van der Waals surface area contributed by atoms with Gasteiger partial charge in [-0.25, -0.2) is 15.0 Å². The van der Waals surface area contributed by atoms with Crippen molar-refractivity contribution in [2.75, 3.05) is 14.2 Å². The molecule has 0 radical (unpaired) electrons. The van der Waals surface area contributed by atoms with Crippen LogP contribution >= 0.6 is 11.8 Å². The van der Waals surface area contributed by atoms with Crippen LogP contribution < -0.4 is 19.0 Å². The van der Waals surface area contributed by atoms with Crippen LogP contribution in [0.4, 0.5) is 0 Å². The molecule has 0 aliphatic carbocycles. The van der Waals surface area contributed by atoms with E-state index in [-0.39, 0.29) is 0 Å². The highest BCUT2D eigenvalue weighted by atomic mass is 32.2. The number of nitrogens with zero attached hydrogens (tertiary/aromatic N) is 8. The lowest BCUT2D eigenvalue weighted by Gasteiger charge is -2.16. The first-order chi connectivity index (χ1) is 24.0. The number of pyridine rings is 2. The first kappa shape index (κ1) is 29.2. The van der Waals surface area contributed by atoms with Crippen molar-refractivity contribution in [3.63, 3.8) is 0 Å². The third-order valence-corrected chi connectivity index (χ3v) is 10.3. The number of methoxy groups -OCH3 is 2. The van der Waals surface area contributed by atoms with Gasteiger partial charge < -0.3 is 18.6 Å². The second-order valence-electron chi connectivity index (χ2n) is 12.0. The number of benzene rings is 2. The predicted molar refractivity (Wildman–Crippen MR) is 191 cm³/mol. The molecule has 0 N–H and O–H groups in total. The van der Waals surface area contributed by atoms with E-state index < -0.39 is 0 Å². The Balaban J connectivity index is 1.20. The summed E-state index contributed by atoms with van der Waals surface area (Å²) in [6.45, 7) is 4.15. The summed E-state index contributed by atoms with van der Waals surface area (Å²) in [6.07, 6.45) is 12.3. The number of aryl methyl sites for hydroxylation is 1. The molecule has 2 aromatic carbocycles. The predicted octanol–water partition coefficient (Wildman–Crippen LogP) is 7.03. The third-order valence-electron chi connectivity index (χ3n) is 9.17. The van der Waals surface area contributed by atoms with E-state index >= 15 is 0 Å². The molecule has 10 nitrogen and oxygen atoms in total. The summed E-state index contributed by atoms with van der Waals surface area (Å²) in [5.74, 6) is 3.73. The van der Waals surface area contributed by atoms with Gasteiger partial charge in [0, 0.05) is 77.2 Å². The van der Waals surface area contributed by atoms with Gasteiger partial charge in [0.2, 0.25) is 11.7 Å². The second-order valence-corrected chi connectivity index (χ2v) is 13.0. The lowest BCUT2D eigenvalue weighted by Crippen LogP contribution is -2.38. The number of aromatic nitrogens is 8. The molecule has 242 valence electrons. The average Bonchev–Trinajstić information content (AvgIpc) is 3.96. The first-order valence-electron chi connectivity index (χ1n) is 15.9. The highest BCUT2D eigenvalue weighted by Crippen LogP contribution is 2.37. The topological polar surface area (TPSA) is 80.9 Å². The quantitative estimate of drug-likeness (QED) is 0.128. The van der Waals surface area contributed by atoms with Gasteiger partial charge in [0.1, 0.15) is 16.5 Å². The van der Waals surface area contributed by atoms with Crippen LogP contribution in [0.5, 0.6) is 11.5 Å². The standard InChI is InChI=1S/C38H32N8O2S/c1-24-22-45-32(21-35(24)48-4)36(46-31-20-27(43-16-7-8-17-43)10-12-29(31)41-38(45)46)49-23-33-25(2)34(47-3)13-18-44(33)37-39-28-11-9-26(19-30(28)40-37)42-14-5-6-15-42/h5-22H,23H2,1-4H3. The number of ether oxygens (including phenoxy) is 2. The number of imidazole rings is 3. The lowest BCUT2D eigenvalue weighted by atomic mass is 10.2. The van der Waals surface area contributed by atoms with Crippen LogP contribution in [0, 0.1) is 13.8 Å². The Hall–Kier alpha value is -5.94. The van der Waals surface area contributed by atoms with E-state index in [1.807, 2.05) is 55.0 Å². The van der Waals surface area contributed by atoms with Gasteiger partial charge in [-0.05, 0) is 80.6 Å². The molecule has 0 saturated carbocycles. The van der Waals surface area contributed by atoms with Gasteiger partial charge in [-0.1, -0.05) is 11.8 Å². The fourth-order valence-electron chi connectivity index (χ4n) is 6.63. The summed E-state index contributed by atoms with van der Waals surface area (Å²) in [5.41, 5.74) is 9.87. The maximum atomic E-state index is 5.80. The zero-order chi connectivity index (χ0) is 33.2. The molecular formula is C38H32N8O2S. The lowest BCUT2D eigenvalue weighted by molar-refractivity contribution is -0.611. The van der Waals surface area contributed by atoms with Gasteiger partial charge in [0.25, 0.3) is 0 Å². The molecule has 0 aliphatic rings. The van der Waals surface area contributed by atoms with Gasteiger partial charge >= 0.3 is 0 Å². The van der Waals surface area contributed by atoms with Crippen molar-refractivity contribution in [3.05, 3.63) is 127 Å². The summed E-state index contributed by atoms with van der Waals surface area (Å²) in [4.78, 5) is 15.1. The normalized spacial score (nSPS) is 11.8. The summed E-state index contributed by atoms with van der Waals surface area (Å²) in [5, 5.41) is 1.05. The number of thioether (sulfide) groups is 1. The Morgan fingerprint density at radius 1 is 0.776 bits per heavy atom. The van der Waals surface area contributed by atoms with Crippen molar-refractivity contribution in [2.24, 2.45) is 0 Å². The smallest absolute Gasteiger partial charge is 0.235 e. The molecule has 0 atom stereocenters. The van der Waals surface area contributed by atoms with Gasteiger partial charge in [-0.3, -0.25) is 13.4 Å². The highest BCUT2D eigenvalue weighted by molar-refractivity contribution is 7.98. The van der Waals surface area contributed by atoms with Crippen molar-refractivity contribution in [2.45, 2.75) is 24.6 Å². The molecule has 0 unspecified atom stereocenters. The molecule has 0 fully saturated rings. The molecule has 0 aliphatic heterocycles. The highest BCUT2D eigenvalue weighted by Gasteiger charge is 2.22. The van der Waals surface area contributed by atoms with Gasteiger partial charge in [0.05, 0.1) is 41.8 Å². The van der Waals surface area contributed by atoms with E-state index in [4.69, 9.17) is 24.4 Å². The monoisotopic (exact) mass is 664 g/mol. The van der Waals surface area contributed by atoms with Gasteiger partial charge in [-0.2, -0.15) is 0 Å². The Morgan fingerprint density at radius 2 is 1.49 bits per heavy atom. The Morgan fingerprint density at radius 3 is 2.22 bits per heavy atom. The maximum absolute atomic E-state index is 5.80. The second kappa shape index (κ2) is 11.3. The van der Waals surface area contributed by atoms with E-state index in [0.717, 1.165) is 78.1 Å². The summed E-state index contributed by atoms with van der Waals surface area (Å²) >= 11 is 1.74. The molecule has 9 rings (SSSR count). The van der Waals surface area contributed by atoms with Crippen molar-refractivity contribution in [1.29, 1.82) is 0 Å². The number of rotatable bonds is 8. The van der Waals surface area contributed by atoms with Crippen LogP contribution in [0.2, 0.25) is 0 Å². The van der Waals surface area contributed by atoms with Gasteiger partial charge in [0.15, 0.2) is 0 Å². The van der Waals surface area contributed by atoms with E-state index in [2.05, 4.69) is 91.3 Å². The van der Waals surface area contributed by atoms with Crippen LogP contribution in [-0.2, 0) is 5.75 Å². The van der Waals surface area contributed by atoms with Crippen molar-refractivity contribution in [1.82, 2.24) is 32.9 Å². The van der Waals surface area contributed by atoms with E-state index in [9.17, 15) is 0 Å². The Kier molecular flexibility index (Phi) is 6.76. The molecule has 7 heterocycles. The summed E-state index contributed by atoms with van der Waals surface area (Å²) in [6, 6.07) is 24.7. The minimum absolute atomic E-state index is 0.616. The molecule has 0 saturated heterocycles. The van der Waals surface area contributed by atoms with Crippen LogP contribution in [0.1, 0.15) is 16.8 Å². The minimum atomic E-state index is 0.616. The minimum Gasteiger partial charge on any atom is -0.496 e. The zero-order valence-corrected chi connectivity index (χ0v) is 28.2. The number of fused-ring (bicyclic) bond motifs is 6. The fraction of sp³-hybridized carbons (Fsp3) is 0.132. The van der Waals surface area contributed by atoms with Crippen molar-refractivity contribution >= 4 is 45.1 Å². The molecule has 0 bridgehead atoms. The molecule has 7 aromatic heterocycles. The third kappa shape index (κ3) is 4.68. The SMILES string of the molecule is COc1cc2c(SCc3c(C)c(OC)cc[n+]3-c3nc4cc(-n5cccc5)ccc4[n-]3)n3c4cc(-n5cccc5)ccc4nc3n2cc1C. The first-order valence-corrected chi connectivity index (χ1v) is 16.9. The number of hydrogen-bond donors (Lipinski definition) is 0. The van der Waals surface area contributed by atoms with Crippen LogP contribution in [-0.4, -0.2) is 42.1 Å². The number of hydrogen-bond acceptors (Lipinski definition) is 5. The van der Waals surface area contributed by atoms with Gasteiger partial charge in [-0.15, -0.1) is 0 Å². The maximum Gasteiger partial charge on any atom is 0.235 e. The largest absolute Gasteiger partial charge is 0.496 e. The molecule has 11 heteroatoms. The zero-order valence-electron chi connectivity index (χ0n) is 27.4. The molecule has 9 aromatic rings. The molecule has 0 amide bonds. The Bertz CT molecular complexity index is 2660. The van der Waals surface area contributed by atoms with Crippen LogP contribution in [0.25, 0.3) is 50.7 Å². The van der Waals surface area contributed by atoms with Crippen molar-refractivity contribution in [3.8, 4) is 28.8 Å². The Labute approximate surface area is 285 Å². The molecule has 49 heavy (non-hydrogen) atoms. The van der Waals surface area contributed by atoms with Crippen LogP contribution in [0.3, 0.4) is 0 Å². The average molecular weight is 665 g/mol. The van der Waals surface area contributed by atoms with E-state index in [1.54, 1.807) is 26.0 Å². The fourth-order valence-corrected chi connectivity index (χ4v) is 7.88. The summed E-state index contributed by atoms with van der Waals surface area (Å²) < 4.78 is 22.3. The van der Waals surface area contributed by atoms with E-state index in [1.165, 1.54) is 0 Å². The van der Waals surface area contributed by atoms with Crippen LogP contribution in [0.15, 0.2) is 115 Å². The van der Waals surface area contributed by atoms with E-state index in [0.29, 0.717) is 11.7 Å². The molecule has 0 spiro atoms.